The third kappa shape index (κ3) is 8.47. The SMILES string of the molecule is CC(C)(C)[Si](C)(C)OC[C@@H]1[C@@H](CC=CCCCC(=O)O)[C@@H](Cl)C[C@H]1OC1CCCCO1. The third-order valence-corrected chi connectivity index (χ3v) is 12.2. The van der Waals surface area contributed by atoms with Gasteiger partial charge in [-0.3, -0.25) is 4.79 Å². The molecule has 5 atom stereocenters. The molecule has 1 unspecified atom stereocenters. The van der Waals surface area contributed by atoms with Gasteiger partial charge in [-0.2, -0.15) is 0 Å². The Balaban J connectivity index is 2.01. The fraction of sp³-hybridized carbons (Fsp3) is 0.875. The number of rotatable bonds is 11. The number of hydrogen-bond donors (Lipinski definition) is 1. The standard InChI is InChI=1S/C24H43ClO5Si/c1-24(2,3)31(4,5)29-17-19-18(12-8-6-7-9-13-22(26)27)20(25)16-21(19)30-23-14-10-11-15-28-23/h6,8,18-21,23H,7,9-17H2,1-5H3,(H,26,27)/t18-,19-,20+,21-,23?/m1/s1. The van der Waals surface area contributed by atoms with Crippen molar-refractivity contribution in [1.82, 2.24) is 0 Å². The molecule has 0 aromatic carbocycles. The van der Waals surface area contributed by atoms with Gasteiger partial charge in [0, 0.05) is 30.9 Å². The van der Waals surface area contributed by atoms with Gasteiger partial charge in [0.15, 0.2) is 14.6 Å². The lowest BCUT2D eigenvalue weighted by Crippen LogP contribution is -2.44. The molecule has 7 heteroatoms. The van der Waals surface area contributed by atoms with Gasteiger partial charge in [0.25, 0.3) is 0 Å². The van der Waals surface area contributed by atoms with Gasteiger partial charge in [0.05, 0.1) is 6.10 Å². The fourth-order valence-corrected chi connectivity index (χ4v) is 5.61. The smallest absolute Gasteiger partial charge is 0.303 e. The first-order valence-corrected chi connectivity index (χ1v) is 15.3. The normalized spacial score (nSPS) is 30.2. The molecule has 1 heterocycles. The summed E-state index contributed by atoms with van der Waals surface area (Å²) in [5.74, 6) is -0.209. The molecule has 2 aliphatic rings. The number of carboxylic acid groups (broad SMARTS) is 1. The van der Waals surface area contributed by atoms with Crippen molar-refractivity contribution in [1.29, 1.82) is 0 Å². The molecule has 5 nitrogen and oxygen atoms in total. The number of carbonyl (C=O) groups is 1. The van der Waals surface area contributed by atoms with Crippen LogP contribution in [0.3, 0.4) is 0 Å². The molecule has 0 aromatic rings. The molecule has 1 saturated carbocycles. The summed E-state index contributed by atoms with van der Waals surface area (Å²) in [4.78, 5) is 10.7. The van der Waals surface area contributed by atoms with Crippen molar-refractivity contribution >= 4 is 25.9 Å². The summed E-state index contributed by atoms with van der Waals surface area (Å²) < 4.78 is 18.9. The van der Waals surface area contributed by atoms with Gasteiger partial charge in [-0.05, 0) is 69.0 Å². The van der Waals surface area contributed by atoms with Crippen molar-refractivity contribution in [2.45, 2.75) is 108 Å². The maximum absolute atomic E-state index is 10.7. The van der Waals surface area contributed by atoms with Gasteiger partial charge in [0.2, 0.25) is 0 Å². The average molecular weight is 475 g/mol. The van der Waals surface area contributed by atoms with E-state index < -0.39 is 14.3 Å². The molecule has 1 aliphatic heterocycles. The topological polar surface area (TPSA) is 65.0 Å². The lowest BCUT2D eigenvalue weighted by Gasteiger charge is -2.38. The van der Waals surface area contributed by atoms with Crippen LogP contribution in [0.15, 0.2) is 12.2 Å². The summed E-state index contributed by atoms with van der Waals surface area (Å²) in [5, 5.41) is 8.99. The molecular formula is C24H43ClO5Si. The Morgan fingerprint density at radius 1 is 1.23 bits per heavy atom. The second kappa shape index (κ2) is 12.2. The predicted molar refractivity (Wildman–Crippen MR) is 128 cm³/mol. The number of hydrogen-bond acceptors (Lipinski definition) is 4. The number of allylic oxidation sites excluding steroid dienone is 2. The summed E-state index contributed by atoms with van der Waals surface area (Å²) in [6.07, 6.45) is 10.8. The number of carboxylic acids is 1. The monoisotopic (exact) mass is 474 g/mol. The molecule has 2 rings (SSSR count). The van der Waals surface area contributed by atoms with E-state index in [2.05, 4.69) is 46.0 Å². The van der Waals surface area contributed by atoms with E-state index in [1.165, 1.54) is 0 Å². The highest BCUT2D eigenvalue weighted by Gasteiger charge is 2.46. The second-order valence-corrected chi connectivity index (χ2v) is 16.0. The third-order valence-electron chi connectivity index (χ3n) is 7.19. The lowest BCUT2D eigenvalue weighted by molar-refractivity contribution is -0.197. The van der Waals surface area contributed by atoms with Crippen LogP contribution < -0.4 is 0 Å². The summed E-state index contributed by atoms with van der Waals surface area (Å²) >= 11 is 6.83. The molecule has 0 bridgehead atoms. The molecular weight excluding hydrogens is 432 g/mol. The first-order valence-electron chi connectivity index (χ1n) is 11.9. The van der Waals surface area contributed by atoms with E-state index >= 15 is 0 Å². The minimum absolute atomic E-state index is 0.0466. The summed E-state index contributed by atoms with van der Waals surface area (Å²) in [5.41, 5.74) is 0. The van der Waals surface area contributed by atoms with Gasteiger partial charge in [-0.15, -0.1) is 11.6 Å². The van der Waals surface area contributed by atoms with Crippen molar-refractivity contribution in [3.05, 3.63) is 12.2 Å². The minimum Gasteiger partial charge on any atom is -0.481 e. The molecule has 31 heavy (non-hydrogen) atoms. The van der Waals surface area contributed by atoms with Crippen LogP contribution in [0.4, 0.5) is 0 Å². The van der Waals surface area contributed by atoms with Crippen molar-refractivity contribution in [3.63, 3.8) is 0 Å². The molecule has 0 spiro atoms. The molecule has 2 fully saturated rings. The Hall–Kier alpha value is -0.403. The Bertz CT molecular complexity index is 583. The Kier molecular flexibility index (Phi) is 10.5. The second-order valence-electron chi connectivity index (χ2n) is 10.6. The van der Waals surface area contributed by atoms with Gasteiger partial charge in [-0.1, -0.05) is 32.9 Å². The highest BCUT2D eigenvalue weighted by Crippen LogP contribution is 2.43. The molecule has 0 amide bonds. The molecule has 0 aromatic heterocycles. The van der Waals surface area contributed by atoms with E-state index in [1.807, 2.05) is 0 Å². The minimum atomic E-state index is -1.87. The van der Waals surface area contributed by atoms with Crippen LogP contribution in [-0.4, -0.2) is 50.4 Å². The number of aliphatic carboxylic acids is 1. The molecule has 180 valence electrons. The van der Waals surface area contributed by atoms with E-state index in [0.29, 0.717) is 13.0 Å². The van der Waals surface area contributed by atoms with E-state index in [-0.39, 0.29) is 41.1 Å². The number of halogens is 1. The van der Waals surface area contributed by atoms with Crippen molar-refractivity contribution in [2.75, 3.05) is 13.2 Å². The van der Waals surface area contributed by atoms with E-state index in [1.54, 1.807) is 0 Å². The Labute approximate surface area is 195 Å². The van der Waals surface area contributed by atoms with Crippen molar-refractivity contribution in [2.24, 2.45) is 11.8 Å². The first-order chi connectivity index (χ1) is 14.5. The molecule has 0 radical (unpaired) electrons. The van der Waals surface area contributed by atoms with E-state index in [0.717, 1.165) is 45.1 Å². The predicted octanol–water partition coefficient (Wildman–Crippen LogP) is 6.36. The highest BCUT2D eigenvalue weighted by atomic mass is 35.5. The van der Waals surface area contributed by atoms with Crippen LogP contribution in [-0.2, 0) is 18.7 Å². The zero-order valence-corrected chi connectivity index (χ0v) is 21.8. The summed E-state index contributed by atoms with van der Waals surface area (Å²) in [7, 11) is -1.87. The maximum atomic E-state index is 10.7. The van der Waals surface area contributed by atoms with Crippen molar-refractivity contribution < 1.29 is 23.8 Å². The largest absolute Gasteiger partial charge is 0.481 e. The van der Waals surface area contributed by atoms with Crippen LogP contribution >= 0.6 is 11.6 Å². The van der Waals surface area contributed by atoms with Crippen molar-refractivity contribution in [3.8, 4) is 0 Å². The van der Waals surface area contributed by atoms with Gasteiger partial charge in [-0.25, -0.2) is 0 Å². The fourth-order valence-electron chi connectivity index (χ4n) is 4.10. The van der Waals surface area contributed by atoms with E-state index in [4.69, 9.17) is 30.6 Å². The Morgan fingerprint density at radius 2 is 1.97 bits per heavy atom. The zero-order chi connectivity index (χ0) is 23.1. The van der Waals surface area contributed by atoms with Crippen LogP contribution in [0.2, 0.25) is 18.1 Å². The molecule has 1 saturated heterocycles. The van der Waals surface area contributed by atoms with Crippen LogP contribution in [0.5, 0.6) is 0 Å². The average Bonchev–Trinajstić information content (AvgIpc) is 2.97. The van der Waals surface area contributed by atoms with Crippen LogP contribution in [0.1, 0.15) is 72.1 Å². The Morgan fingerprint density at radius 3 is 2.58 bits per heavy atom. The molecule has 1 aliphatic carbocycles. The zero-order valence-electron chi connectivity index (χ0n) is 20.1. The van der Waals surface area contributed by atoms with Crippen LogP contribution in [0.25, 0.3) is 0 Å². The lowest BCUT2D eigenvalue weighted by atomic mass is 9.92. The highest BCUT2D eigenvalue weighted by molar-refractivity contribution is 6.74. The number of alkyl halides is 1. The summed E-state index contributed by atoms with van der Waals surface area (Å²) in [6, 6.07) is 0. The summed E-state index contributed by atoms with van der Waals surface area (Å²) in [6.45, 7) is 12.8. The quantitative estimate of drug-likeness (QED) is 0.163. The van der Waals surface area contributed by atoms with Gasteiger partial charge < -0.3 is 19.0 Å². The first kappa shape index (κ1) is 26.8. The number of unbranched alkanes of at least 4 members (excludes halogenated alkanes) is 1. The van der Waals surface area contributed by atoms with Gasteiger partial charge in [0.1, 0.15) is 0 Å². The van der Waals surface area contributed by atoms with E-state index in [9.17, 15) is 4.79 Å². The molecule has 1 N–H and O–H groups in total. The maximum Gasteiger partial charge on any atom is 0.303 e. The van der Waals surface area contributed by atoms with Gasteiger partial charge >= 0.3 is 5.97 Å². The van der Waals surface area contributed by atoms with Crippen LogP contribution in [0, 0.1) is 11.8 Å². The number of ether oxygens (including phenoxy) is 2.